The Morgan fingerprint density at radius 3 is 2.69 bits per heavy atom. The van der Waals surface area contributed by atoms with Crippen LogP contribution in [0.3, 0.4) is 0 Å². The summed E-state index contributed by atoms with van der Waals surface area (Å²) in [6.45, 7) is 3.42. The maximum Gasteiger partial charge on any atom is 0.191 e. The van der Waals surface area contributed by atoms with Crippen molar-refractivity contribution in [1.82, 2.24) is 20.5 Å². The van der Waals surface area contributed by atoms with E-state index >= 15 is 0 Å². The summed E-state index contributed by atoms with van der Waals surface area (Å²) in [5.41, 5.74) is 2.63. The topological polar surface area (TPSA) is 55.5 Å². The van der Waals surface area contributed by atoms with Gasteiger partial charge in [0, 0.05) is 55.9 Å². The fraction of sp³-hybridized carbons (Fsp3) is 0.625. The van der Waals surface area contributed by atoms with Gasteiger partial charge in [-0.2, -0.15) is 0 Å². The second-order valence-corrected chi connectivity index (χ2v) is 8.71. The van der Waals surface area contributed by atoms with Crippen LogP contribution in [0.4, 0.5) is 0 Å². The molecule has 3 N–H and O–H groups in total. The molecule has 0 atom stereocenters. The first-order valence-electron chi connectivity index (χ1n) is 11.6. The van der Waals surface area contributed by atoms with Crippen LogP contribution in [0.15, 0.2) is 35.5 Å². The van der Waals surface area contributed by atoms with E-state index in [9.17, 15) is 0 Å². The monoisotopic (exact) mass is 395 g/mol. The summed E-state index contributed by atoms with van der Waals surface area (Å²) >= 11 is 0. The zero-order chi connectivity index (χ0) is 19.9. The van der Waals surface area contributed by atoms with Crippen molar-refractivity contribution in [3.8, 4) is 0 Å². The van der Waals surface area contributed by atoms with Crippen molar-refractivity contribution in [2.45, 2.75) is 69.9 Å². The predicted molar refractivity (Wildman–Crippen MR) is 123 cm³/mol. The van der Waals surface area contributed by atoms with Crippen LogP contribution >= 0.6 is 0 Å². The van der Waals surface area contributed by atoms with Crippen LogP contribution in [0.25, 0.3) is 10.9 Å². The van der Waals surface area contributed by atoms with E-state index in [1.807, 2.05) is 7.05 Å². The normalized spacial score (nSPS) is 20.2. The SMILES string of the molecule is CN=C(NCCCc1c[nH]c2ccccc12)NC1CCN(C2CCCCC2)CC1. The molecule has 0 radical (unpaired) electrons. The lowest BCUT2D eigenvalue weighted by Crippen LogP contribution is -2.51. The second-order valence-electron chi connectivity index (χ2n) is 8.71. The van der Waals surface area contributed by atoms with Gasteiger partial charge in [0.1, 0.15) is 0 Å². The van der Waals surface area contributed by atoms with Crippen LogP contribution in [0.5, 0.6) is 0 Å². The zero-order valence-electron chi connectivity index (χ0n) is 17.9. The van der Waals surface area contributed by atoms with Gasteiger partial charge in [-0.3, -0.25) is 4.99 Å². The summed E-state index contributed by atoms with van der Waals surface area (Å²) in [4.78, 5) is 10.6. The third-order valence-electron chi connectivity index (χ3n) is 6.78. The minimum atomic E-state index is 0.551. The van der Waals surface area contributed by atoms with Gasteiger partial charge < -0.3 is 20.5 Å². The molecular weight excluding hydrogens is 358 g/mol. The summed E-state index contributed by atoms with van der Waals surface area (Å²) < 4.78 is 0. The molecule has 0 spiro atoms. The van der Waals surface area contributed by atoms with E-state index in [-0.39, 0.29) is 0 Å². The molecule has 5 nitrogen and oxygen atoms in total. The molecule has 1 saturated heterocycles. The van der Waals surface area contributed by atoms with Crippen LogP contribution in [0.1, 0.15) is 56.9 Å². The average molecular weight is 396 g/mol. The lowest BCUT2D eigenvalue weighted by atomic mass is 9.92. The van der Waals surface area contributed by atoms with Crippen molar-refractivity contribution < 1.29 is 0 Å². The summed E-state index contributed by atoms with van der Waals surface area (Å²) in [6.07, 6.45) is 13.9. The van der Waals surface area contributed by atoms with Gasteiger partial charge in [0.25, 0.3) is 0 Å². The first kappa shape index (κ1) is 20.3. The standard InChI is InChI=1S/C24H37N5/c1-25-24(26-15-7-8-19-18-27-23-12-6-5-11-22(19)23)28-20-13-16-29(17-14-20)21-9-3-2-4-10-21/h5-6,11-12,18,20-21,27H,2-4,7-10,13-17H2,1H3,(H2,25,26,28). The molecule has 5 heteroatoms. The number of guanidine groups is 1. The molecule has 1 saturated carbocycles. The molecule has 1 aromatic carbocycles. The van der Waals surface area contributed by atoms with Crippen molar-refractivity contribution in [1.29, 1.82) is 0 Å². The average Bonchev–Trinajstić information content (AvgIpc) is 3.20. The van der Waals surface area contributed by atoms with Gasteiger partial charge >= 0.3 is 0 Å². The van der Waals surface area contributed by atoms with Crippen LogP contribution in [0.2, 0.25) is 0 Å². The minimum Gasteiger partial charge on any atom is -0.361 e. The van der Waals surface area contributed by atoms with E-state index in [0.29, 0.717) is 6.04 Å². The van der Waals surface area contributed by atoms with Crippen molar-refractivity contribution in [3.05, 3.63) is 36.0 Å². The molecule has 2 fully saturated rings. The van der Waals surface area contributed by atoms with Crippen LogP contribution < -0.4 is 10.6 Å². The van der Waals surface area contributed by atoms with Gasteiger partial charge in [0.15, 0.2) is 5.96 Å². The highest BCUT2D eigenvalue weighted by Crippen LogP contribution is 2.25. The van der Waals surface area contributed by atoms with Gasteiger partial charge in [-0.15, -0.1) is 0 Å². The Morgan fingerprint density at radius 1 is 1.10 bits per heavy atom. The van der Waals surface area contributed by atoms with E-state index in [1.165, 1.54) is 74.5 Å². The van der Waals surface area contributed by atoms with E-state index in [0.717, 1.165) is 31.4 Å². The number of H-pyrrole nitrogens is 1. The van der Waals surface area contributed by atoms with Gasteiger partial charge in [-0.05, 0) is 50.2 Å². The zero-order valence-corrected chi connectivity index (χ0v) is 17.9. The molecule has 0 unspecified atom stereocenters. The molecule has 0 amide bonds. The van der Waals surface area contributed by atoms with Crippen LogP contribution in [-0.4, -0.2) is 54.6 Å². The largest absolute Gasteiger partial charge is 0.361 e. The summed E-state index contributed by atoms with van der Waals surface area (Å²) in [7, 11) is 1.88. The molecule has 2 aliphatic rings. The number of benzene rings is 1. The number of aromatic nitrogens is 1. The van der Waals surface area contributed by atoms with Gasteiger partial charge in [-0.25, -0.2) is 0 Å². The Balaban J connectivity index is 1.16. The quantitative estimate of drug-likeness (QED) is 0.393. The van der Waals surface area contributed by atoms with Gasteiger partial charge in [0.2, 0.25) is 0 Å². The maximum absolute atomic E-state index is 4.45. The van der Waals surface area contributed by atoms with E-state index in [4.69, 9.17) is 0 Å². The summed E-state index contributed by atoms with van der Waals surface area (Å²) in [5.74, 6) is 0.958. The number of nitrogens with zero attached hydrogens (tertiary/aromatic N) is 2. The minimum absolute atomic E-state index is 0.551. The summed E-state index contributed by atoms with van der Waals surface area (Å²) in [5, 5.41) is 8.52. The highest BCUT2D eigenvalue weighted by Gasteiger charge is 2.26. The molecule has 158 valence electrons. The second kappa shape index (κ2) is 10.1. The number of fused-ring (bicyclic) bond motifs is 1. The van der Waals surface area contributed by atoms with E-state index in [2.05, 4.69) is 56.0 Å². The first-order valence-corrected chi connectivity index (χ1v) is 11.6. The van der Waals surface area contributed by atoms with Crippen LogP contribution in [0, 0.1) is 0 Å². The number of rotatable bonds is 6. The highest BCUT2D eigenvalue weighted by molar-refractivity contribution is 5.83. The fourth-order valence-corrected chi connectivity index (χ4v) is 5.07. The van der Waals surface area contributed by atoms with Crippen molar-refractivity contribution in [3.63, 3.8) is 0 Å². The molecule has 29 heavy (non-hydrogen) atoms. The number of likely N-dealkylation sites (tertiary alicyclic amines) is 1. The number of nitrogens with one attached hydrogen (secondary N) is 3. The Bertz CT molecular complexity index is 781. The Morgan fingerprint density at radius 2 is 1.90 bits per heavy atom. The lowest BCUT2D eigenvalue weighted by Gasteiger charge is -2.39. The molecule has 2 aromatic rings. The third-order valence-corrected chi connectivity index (χ3v) is 6.78. The Labute approximate surface area is 175 Å². The van der Waals surface area contributed by atoms with Crippen molar-refractivity contribution >= 4 is 16.9 Å². The molecule has 1 aromatic heterocycles. The smallest absolute Gasteiger partial charge is 0.191 e. The number of aliphatic imine (C=N–C) groups is 1. The predicted octanol–water partition coefficient (Wildman–Crippen LogP) is 4.06. The van der Waals surface area contributed by atoms with Gasteiger partial charge in [0.05, 0.1) is 0 Å². The Kier molecular flexibility index (Phi) is 7.09. The molecule has 0 bridgehead atoms. The molecule has 4 rings (SSSR count). The van der Waals surface area contributed by atoms with Crippen LogP contribution in [-0.2, 0) is 6.42 Å². The van der Waals surface area contributed by atoms with Crippen molar-refractivity contribution in [2.24, 2.45) is 4.99 Å². The van der Waals surface area contributed by atoms with Crippen molar-refractivity contribution in [2.75, 3.05) is 26.7 Å². The van der Waals surface area contributed by atoms with E-state index < -0.39 is 0 Å². The Hall–Kier alpha value is -2.01. The number of hydrogen-bond donors (Lipinski definition) is 3. The third kappa shape index (κ3) is 5.33. The molecule has 1 aliphatic carbocycles. The van der Waals surface area contributed by atoms with E-state index in [1.54, 1.807) is 0 Å². The molecular formula is C24H37N5. The fourth-order valence-electron chi connectivity index (χ4n) is 5.07. The number of piperidine rings is 1. The maximum atomic E-state index is 4.45. The highest BCUT2D eigenvalue weighted by atomic mass is 15.2. The van der Waals surface area contributed by atoms with Gasteiger partial charge in [-0.1, -0.05) is 37.5 Å². The number of aromatic amines is 1. The number of para-hydroxylation sites is 1. The molecule has 2 heterocycles. The first-order chi connectivity index (χ1) is 14.3. The number of hydrogen-bond acceptors (Lipinski definition) is 2. The number of aryl methyl sites for hydroxylation is 1. The lowest BCUT2D eigenvalue weighted by molar-refractivity contribution is 0.119. The molecule has 1 aliphatic heterocycles. The summed E-state index contributed by atoms with van der Waals surface area (Å²) in [6, 6.07) is 9.95.